The van der Waals surface area contributed by atoms with E-state index in [-0.39, 0.29) is 16.7 Å². The number of hydrogen-bond donors (Lipinski definition) is 0. The van der Waals surface area contributed by atoms with E-state index in [1.54, 1.807) is 12.1 Å². The van der Waals surface area contributed by atoms with E-state index in [9.17, 15) is 17.6 Å². The molecule has 0 aromatic heterocycles. The highest BCUT2D eigenvalue weighted by Gasteiger charge is 2.41. The summed E-state index contributed by atoms with van der Waals surface area (Å²) in [6.45, 7) is 2.09. The highest BCUT2D eigenvalue weighted by atomic mass is 19.4. The molecule has 5 aromatic rings. The molecular weight excluding hydrogens is 666 g/mol. The van der Waals surface area contributed by atoms with Crippen LogP contribution in [0.25, 0.3) is 33.4 Å². The van der Waals surface area contributed by atoms with Crippen LogP contribution in [-0.2, 0) is 12.5 Å². The molecule has 0 fully saturated rings. The van der Waals surface area contributed by atoms with Crippen LogP contribution in [0.15, 0.2) is 91.0 Å². The van der Waals surface area contributed by atoms with E-state index in [1.165, 1.54) is 0 Å². The fourth-order valence-electron chi connectivity index (χ4n) is 5.26. The molecule has 256 valence electrons. The standard InChI is InChI=1S/C37H26F10O2/c1-2-3-4-5-21-6-8-23(9-7-21)25-17-29(39)34(30(40)18-25)26-19-31(41)35(32(42)20-26)36(43,44)48-27-13-10-22(11-14-27)24-12-15-33(28(38)16-24)49-37(45,46)47/h6-20H,2-5H2,1H3. The Labute approximate surface area is 274 Å². The van der Waals surface area contributed by atoms with Crippen LogP contribution in [-0.4, -0.2) is 6.36 Å². The van der Waals surface area contributed by atoms with Gasteiger partial charge in [0, 0.05) is 0 Å². The van der Waals surface area contributed by atoms with Gasteiger partial charge in [0.25, 0.3) is 0 Å². The summed E-state index contributed by atoms with van der Waals surface area (Å²) in [7, 11) is 0. The second-order valence-corrected chi connectivity index (χ2v) is 11.1. The number of unbranched alkanes of at least 4 members (excludes halogenated alkanes) is 2. The molecule has 0 radical (unpaired) electrons. The smallest absolute Gasteiger partial charge is 0.429 e. The van der Waals surface area contributed by atoms with Gasteiger partial charge in [-0.1, -0.05) is 62.2 Å². The molecule has 49 heavy (non-hydrogen) atoms. The van der Waals surface area contributed by atoms with Crippen molar-refractivity contribution in [2.75, 3.05) is 0 Å². The Hall–Kier alpha value is -5.00. The Morgan fingerprint density at radius 3 is 1.57 bits per heavy atom. The summed E-state index contributed by atoms with van der Waals surface area (Å²) in [5, 5.41) is 0. The van der Waals surface area contributed by atoms with Crippen molar-refractivity contribution in [3.05, 3.63) is 131 Å². The van der Waals surface area contributed by atoms with E-state index in [4.69, 9.17) is 0 Å². The molecular formula is C37H26F10O2. The SMILES string of the molecule is CCCCCc1ccc(-c2cc(F)c(-c3cc(F)c(C(F)(F)Oc4ccc(-c5ccc(OC(F)(F)F)c(F)c5)cc4)c(F)c3)c(F)c2)cc1. The summed E-state index contributed by atoms with van der Waals surface area (Å²) in [4.78, 5) is 0. The minimum atomic E-state index is -5.12. The third-order valence-corrected chi connectivity index (χ3v) is 7.61. The molecule has 0 spiro atoms. The average Bonchev–Trinajstić information content (AvgIpc) is 3.01. The minimum absolute atomic E-state index is 0.0567. The Balaban J connectivity index is 1.34. The van der Waals surface area contributed by atoms with Crippen LogP contribution in [0.4, 0.5) is 43.9 Å². The average molecular weight is 693 g/mol. The van der Waals surface area contributed by atoms with Gasteiger partial charge in [-0.25, -0.2) is 22.0 Å². The largest absolute Gasteiger partial charge is 0.573 e. The van der Waals surface area contributed by atoms with Crippen LogP contribution in [0, 0.1) is 29.1 Å². The number of alkyl halides is 5. The van der Waals surface area contributed by atoms with Gasteiger partial charge in [0.15, 0.2) is 11.6 Å². The summed E-state index contributed by atoms with van der Waals surface area (Å²) < 4.78 is 150. The summed E-state index contributed by atoms with van der Waals surface area (Å²) in [5.41, 5.74) is -1.35. The van der Waals surface area contributed by atoms with Gasteiger partial charge in [0.05, 0.1) is 5.56 Å². The molecule has 0 amide bonds. The fourth-order valence-corrected chi connectivity index (χ4v) is 5.26. The Morgan fingerprint density at radius 2 is 1.02 bits per heavy atom. The minimum Gasteiger partial charge on any atom is -0.429 e. The molecule has 0 heterocycles. The highest BCUT2D eigenvalue weighted by molar-refractivity contribution is 5.72. The van der Waals surface area contributed by atoms with Crippen molar-refractivity contribution >= 4 is 0 Å². The van der Waals surface area contributed by atoms with E-state index in [2.05, 4.69) is 16.4 Å². The molecule has 0 bridgehead atoms. The van der Waals surface area contributed by atoms with Gasteiger partial charge < -0.3 is 9.47 Å². The zero-order valence-electron chi connectivity index (χ0n) is 25.6. The van der Waals surface area contributed by atoms with E-state index < -0.39 is 69.7 Å². The summed E-state index contributed by atoms with van der Waals surface area (Å²) in [6, 6.07) is 16.5. The maximum absolute atomic E-state index is 15.2. The molecule has 12 heteroatoms. The Morgan fingerprint density at radius 1 is 0.510 bits per heavy atom. The van der Waals surface area contributed by atoms with Crippen LogP contribution in [0.1, 0.15) is 37.3 Å². The third kappa shape index (κ3) is 8.36. The van der Waals surface area contributed by atoms with Crippen LogP contribution in [0.3, 0.4) is 0 Å². The van der Waals surface area contributed by atoms with Crippen LogP contribution >= 0.6 is 0 Å². The predicted molar refractivity (Wildman–Crippen MR) is 163 cm³/mol. The lowest BCUT2D eigenvalue weighted by Crippen LogP contribution is -2.25. The fraction of sp³-hybridized carbons (Fsp3) is 0.189. The van der Waals surface area contributed by atoms with Gasteiger partial charge in [0.1, 0.15) is 34.6 Å². The van der Waals surface area contributed by atoms with E-state index in [0.29, 0.717) is 17.7 Å². The third-order valence-electron chi connectivity index (χ3n) is 7.61. The monoisotopic (exact) mass is 692 g/mol. The molecule has 0 N–H and O–H groups in total. The van der Waals surface area contributed by atoms with Crippen molar-refractivity contribution in [3.8, 4) is 44.9 Å². The lowest BCUT2D eigenvalue weighted by molar-refractivity contribution is -0.275. The topological polar surface area (TPSA) is 18.5 Å². The molecule has 0 saturated heterocycles. The first-order valence-electron chi connectivity index (χ1n) is 15.0. The number of benzene rings is 5. The van der Waals surface area contributed by atoms with Crippen LogP contribution in [0.5, 0.6) is 11.5 Å². The number of aryl methyl sites for hydroxylation is 1. The predicted octanol–water partition coefficient (Wildman–Crippen LogP) is 12.1. The maximum atomic E-state index is 15.2. The van der Waals surface area contributed by atoms with Crippen molar-refractivity contribution in [2.45, 2.75) is 45.1 Å². The van der Waals surface area contributed by atoms with Crippen molar-refractivity contribution < 1.29 is 53.4 Å². The lowest BCUT2D eigenvalue weighted by Gasteiger charge is -2.20. The normalized spacial score (nSPS) is 11.9. The quantitative estimate of drug-likeness (QED) is 0.101. The van der Waals surface area contributed by atoms with Crippen molar-refractivity contribution in [2.24, 2.45) is 0 Å². The first kappa shape index (κ1) is 35.3. The first-order chi connectivity index (χ1) is 23.1. The number of halogens is 10. The van der Waals surface area contributed by atoms with Gasteiger partial charge in [-0.15, -0.1) is 13.2 Å². The van der Waals surface area contributed by atoms with Gasteiger partial charge in [-0.2, -0.15) is 8.78 Å². The molecule has 0 atom stereocenters. The second-order valence-electron chi connectivity index (χ2n) is 11.1. The molecule has 2 nitrogen and oxygen atoms in total. The molecule has 0 aliphatic rings. The van der Waals surface area contributed by atoms with E-state index in [0.717, 1.165) is 85.8 Å². The zero-order valence-corrected chi connectivity index (χ0v) is 25.6. The summed E-state index contributed by atoms with van der Waals surface area (Å²) >= 11 is 0. The van der Waals surface area contributed by atoms with Crippen molar-refractivity contribution in [3.63, 3.8) is 0 Å². The molecule has 0 unspecified atom stereocenters. The lowest BCUT2D eigenvalue weighted by atomic mass is 9.96. The summed E-state index contributed by atoms with van der Waals surface area (Å²) in [5.74, 6) is -9.01. The van der Waals surface area contributed by atoms with Crippen LogP contribution in [0.2, 0.25) is 0 Å². The number of rotatable bonds is 11. The Kier molecular flexibility index (Phi) is 10.3. The molecule has 0 aliphatic carbocycles. The summed E-state index contributed by atoms with van der Waals surface area (Å²) in [6.07, 6.45) is -5.74. The van der Waals surface area contributed by atoms with Gasteiger partial charge >= 0.3 is 12.5 Å². The first-order valence-corrected chi connectivity index (χ1v) is 15.0. The number of ether oxygens (including phenoxy) is 2. The molecule has 0 aliphatic heterocycles. The molecule has 5 rings (SSSR count). The molecule has 5 aromatic carbocycles. The highest BCUT2D eigenvalue weighted by Crippen LogP contribution is 2.39. The number of hydrogen-bond acceptors (Lipinski definition) is 2. The van der Waals surface area contributed by atoms with E-state index >= 15 is 26.3 Å². The van der Waals surface area contributed by atoms with Gasteiger partial charge in [0.2, 0.25) is 0 Å². The van der Waals surface area contributed by atoms with E-state index in [1.807, 2.05) is 12.1 Å². The van der Waals surface area contributed by atoms with Crippen molar-refractivity contribution in [1.82, 2.24) is 0 Å². The molecule has 0 saturated carbocycles. The maximum Gasteiger partial charge on any atom is 0.573 e. The van der Waals surface area contributed by atoms with Crippen LogP contribution < -0.4 is 9.47 Å². The van der Waals surface area contributed by atoms with Gasteiger partial charge in [-0.05, 0) is 94.8 Å². The second kappa shape index (κ2) is 14.2. The Bertz CT molecular complexity index is 1890. The van der Waals surface area contributed by atoms with Crippen molar-refractivity contribution in [1.29, 1.82) is 0 Å². The zero-order chi connectivity index (χ0) is 35.5. The van der Waals surface area contributed by atoms with Gasteiger partial charge in [-0.3, -0.25) is 0 Å².